The first-order chi connectivity index (χ1) is 9.18. The number of benzene rings is 1. The highest BCUT2D eigenvalue weighted by atomic mass is 35.5. The molecule has 0 saturated carbocycles. The van der Waals surface area contributed by atoms with E-state index in [2.05, 4.69) is 4.72 Å². The van der Waals surface area contributed by atoms with E-state index in [1.54, 1.807) is 6.07 Å². The number of sulfonamides is 1. The molecule has 1 rings (SSSR count). The van der Waals surface area contributed by atoms with E-state index in [9.17, 15) is 8.42 Å². The number of alkyl halides is 1. The molecule has 0 atom stereocenters. The molecule has 3 nitrogen and oxygen atoms in total. The van der Waals surface area contributed by atoms with Crippen LogP contribution in [-0.4, -0.2) is 20.8 Å². The Balaban J connectivity index is 2.83. The lowest BCUT2D eigenvalue weighted by Gasteiger charge is -2.24. The van der Waals surface area contributed by atoms with Crippen LogP contribution in [0.2, 0.25) is 10.0 Å². The first-order valence-corrected chi connectivity index (χ1v) is 8.96. The number of rotatable bonds is 7. The van der Waals surface area contributed by atoms with Crippen LogP contribution in [0.3, 0.4) is 0 Å². The first kappa shape index (κ1) is 18.1. The Kier molecular flexibility index (Phi) is 6.61. The summed E-state index contributed by atoms with van der Waals surface area (Å²) in [4.78, 5) is -0.000176. The third-order valence-electron chi connectivity index (χ3n) is 2.91. The summed E-state index contributed by atoms with van der Waals surface area (Å²) in [6.07, 6.45) is 1.68. The second-order valence-corrected chi connectivity index (χ2v) is 8.31. The standard InChI is InChI=1S/C13H18Cl3NO2S/c1-13(2,6-3-7-14)9-17-20(18,19)12-8-10(15)4-5-11(12)16/h4-5,8,17H,3,6-7,9H2,1-2H3. The van der Waals surface area contributed by atoms with Crippen LogP contribution >= 0.6 is 34.8 Å². The Morgan fingerprint density at radius 3 is 2.50 bits per heavy atom. The highest BCUT2D eigenvalue weighted by Gasteiger charge is 2.23. The van der Waals surface area contributed by atoms with E-state index >= 15 is 0 Å². The van der Waals surface area contributed by atoms with Gasteiger partial charge < -0.3 is 0 Å². The van der Waals surface area contributed by atoms with Gasteiger partial charge in [-0.1, -0.05) is 37.0 Å². The zero-order valence-corrected chi connectivity index (χ0v) is 14.5. The van der Waals surface area contributed by atoms with Gasteiger partial charge in [-0.25, -0.2) is 13.1 Å². The van der Waals surface area contributed by atoms with E-state index in [1.165, 1.54) is 12.1 Å². The van der Waals surface area contributed by atoms with E-state index in [1.807, 2.05) is 13.8 Å². The molecule has 20 heavy (non-hydrogen) atoms. The van der Waals surface area contributed by atoms with Gasteiger partial charge in [-0.2, -0.15) is 0 Å². The summed E-state index contributed by atoms with van der Waals surface area (Å²) < 4.78 is 27.1. The van der Waals surface area contributed by atoms with Crippen molar-refractivity contribution in [3.05, 3.63) is 28.2 Å². The van der Waals surface area contributed by atoms with Gasteiger partial charge in [0.1, 0.15) is 4.90 Å². The summed E-state index contributed by atoms with van der Waals surface area (Å²) in [6.45, 7) is 4.29. The van der Waals surface area contributed by atoms with E-state index in [0.29, 0.717) is 17.4 Å². The molecule has 0 heterocycles. The van der Waals surface area contributed by atoms with Crippen LogP contribution in [0.15, 0.2) is 23.1 Å². The molecule has 0 amide bonds. The molecule has 0 aromatic heterocycles. The predicted octanol–water partition coefficient (Wildman–Crippen LogP) is 4.32. The Morgan fingerprint density at radius 1 is 1.25 bits per heavy atom. The molecule has 0 radical (unpaired) electrons. The van der Waals surface area contributed by atoms with Gasteiger partial charge >= 0.3 is 0 Å². The van der Waals surface area contributed by atoms with Gasteiger partial charge in [0.2, 0.25) is 10.0 Å². The predicted molar refractivity (Wildman–Crippen MR) is 85.4 cm³/mol. The maximum absolute atomic E-state index is 12.2. The van der Waals surface area contributed by atoms with E-state index in [-0.39, 0.29) is 15.3 Å². The topological polar surface area (TPSA) is 46.2 Å². The van der Waals surface area contributed by atoms with Crippen LogP contribution in [-0.2, 0) is 10.0 Å². The van der Waals surface area contributed by atoms with Crippen LogP contribution in [0.5, 0.6) is 0 Å². The van der Waals surface area contributed by atoms with Gasteiger partial charge in [-0.15, -0.1) is 11.6 Å². The van der Waals surface area contributed by atoms with Crippen molar-refractivity contribution in [2.45, 2.75) is 31.6 Å². The Bertz CT molecular complexity index is 559. The number of hydrogen-bond donors (Lipinski definition) is 1. The average Bonchev–Trinajstić information content (AvgIpc) is 2.37. The Hall–Kier alpha value is -0.000000000000000111. The average molecular weight is 359 g/mol. The zero-order valence-electron chi connectivity index (χ0n) is 11.4. The fourth-order valence-corrected chi connectivity index (χ4v) is 3.82. The summed E-state index contributed by atoms with van der Waals surface area (Å²) in [5.41, 5.74) is -0.174. The summed E-state index contributed by atoms with van der Waals surface area (Å²) >= 11 is 17.4. The van der Waals surface area contributed by atoms with Crippen molar-refractivity contribution < 1.29 is 8.42 Å². The maximum atomic E-state index is 12.2. The number of hydrogen-bond acceptors (Lipinski definition) is 2. The second-order valence-electron chi connectivity index (χ2n) is 5.36. The molecule has 1 aromatic rings. The van der Waals surface area contributed by atoms with Crippen molar-refractivity contribution in [3.8, 4) is 0 Å². The monoisotopic (exact) mass is 357 g/mol. The van der Waals surface area contributed by atoms with Crippen molar-refractivity contribution in [2.24, 2.45) is 5.41 Å². The SMILES string of the molecule is CC(C)(CCCCl)CNS(=O)(=O)c1cc(Cl)ccc1Cl. The van der Waals surface area contributed by atoms with Gasteiger partial charge in [0.05, 0.1) is 5.02 Å². The quantitative estimate of drug-likeness (QED) is 0.738. The summed E-state index contributed by atoms with van der Waals surface area (Å²) in [5, 5.41) is 0.483. The van der Waals surface area contributed by atoms with Crippen LogP contribution in [0.1, 0.15) is 26.7 Å². The van der Waals surface area contributed by atoms with Crippen molar-refractivity contribution in [3.63, 3.8) is 0 Å². The van der Waals surface area contributed by atoms with Crippen molar-refractivity contribution in [1.82, 2.24) is 4.72 Å². The minimum atomic E-state index is -3.67. The lowest BCUT2D eigenvalue weighted by atomic mass is 9.88. The molecule has 0 aliphatic carbocycles. The molecule has 0 bridgehead atoms. The maximum Gasteiger partial charge on any atom is 0.242 e. The van der Waals surface area contributed by atoms with E-state index in [4.69, 9.17) is 34.8 Å². The third kappa shape index (κ3) is 5.41. The zero-order chi connectivity index (χ0) is 15.4. The molecule has 114 valence electrons. The van der Waals surface area contributed by atoms with Gasteiger partial charge in [0.15, 0.2) is 0 Å². The summed E-state index contributed by atoms with van der Waals surface area (Å²) in [7, 11) is -3.67. The lowest BCUT2D eigenvalue weighted by molar-refractivity contribution is 0.331. The van der Waals surface area contributed by atoms with Crippen LogP contribution in [0.25, 0.3) is 0 Å². The molecule has 0 saturated heterocycles. The fraction of sp³-hybridized carbons (Fsp3) is 0.538. The van der Waals surface area contributed by atoms with Crippen LogP contribution < -0.4 is 4.72 Å². The normalized spacial score (nSPS) is 12.7. The highest BCUT2D eigenvalue weighted by Crippen LogP contribution is 2.26. The van der Waals surface area contributed by atoms with E-state index in [0.717, 1.165) is 12.8 Å². The van der Waals surface area contributed by atoms with Gasteiger partial charge in [0.25, 0.3) is 0 Å². The number of halogens is 3. The van der Waals surface area contributed by atoms with Crippen molar-refractivity contribution in [2.75, 3.05) is 12.4 Å². The molecule has 0 aliphatic rings. The second kappa shape index (κ2) is 7.32. The highest BCUT2D eigenvalue weighted by molar-refractivity contribution is 7.89. The molecule has 7 heteroatoms. The van der Waals surface area contributed by atoms with Gasteiger partial charge in [0, 0.05) is 17.4 Å². The van der Waals surface area contributed by atoms with Crippen LogP contribution in [0, 0.1) is 5.41 Å². The van der Waals surface area contributed by atoms with Gasteiger partial charge in [-0.3, -0.25) is 0 Å². The molecule has 0 unspecified atom stereocenters. The minimum Gasteiger partial charge on any atom is -0.211 e. The van der Waals surface area contributed by atoms with Gasteiger partial charge in [-0.05, 0) is 36.5 Å². The largest absolute Gasteiger partial charge is 0.242 e. The molecule has 0 aliphatic heterocycles. The van der Waals surface area contributed by atoms with Crippen LogP contribution in [0.4, 0.5) is 0 Å². The molecule has 1 aromatic carbocycles. The Morgan fingerprint density at radius 2 is 1.90 bits per heavy atom. The summed E-state index contributed by atoms with van der Waals surface area (Å²) in [5.74, 6) is 0.566. The molecule has 0 fully saturated rings. The summed E-state index contributed by atoms with van der Waals surface area (Å²) in [6, 6.07) is 4.36. The molecule has 0 spiro atoms. The van der Waals surface area contributed by atoms with Crippen molar-refractivity contribution >= 4 is 44.8 Å². The molecular weight excluding hydrogens is 341 g/mol. The molecule has 1 N–H and O–H groups in total. The molecular formula is C13H18Cl3NO2S. The minimum absolute atomic E-state index is 0.000176. The Labute approximate surface area is 135 Å². The van der Waals surface area contributed by atoms with E-state index < -0.39 is 10.0 Å². The smallest absolute Gasteiger partial charge is 0.211 e. The first-order valence-electron chi connectivity index (χ1n) is 6.19. The number of nitrogens with one attached hydrogen (secondary N) is 1. The lowest BCUT2D eigenvalue weighted by Crippen LogP contribution is -2.34. The fourth-order valence-electron chi connectivity index (χ4n) is 1.69. The van der Waals surface area contributed by atoms with Crippen molar-refractivity contribution in [1.29, 1.82) is 0 Å². The third-order valence-corrected chi connectivity index (χ3v) is 5.30.